The summed E-state index contributed by atoms with van der Waals surface area (Å²) < 4.78 is 25.4. The van der Waals surface area contributed by atoms with Crippen LogP contribution in [0.15, 0.2) is 57.2 Å². The van der Waals surface area contributed by atoms with Crippen molar-refractivity contribution in [1.29, 1.82) is 0 Å². The topological polar surface area (TPSA) is 144 Å². The molecule has 3 heterocycles. The summed E-state index contributed by atoms with van der Waals surface area (Å²) >= 11 is 0. The molecule has 2 aliphatic rings. The zero-order valence-corrected chi connectivity index (χ0v) is 20.1. The van der Waals surface area contributed by atoms with Gasteiger partial charge >= 0.3 is 12.1 Å². The number of esters is 1. The number of nitrogens with two attached hydrogens (primary N) is 1. The molecule has 0 aliphatic carbocycles. The Morgan fingerprint density at radius 1 is 1.29 bits per heavy atom. The van der Waals surface area contributed by atoms with Gasteiger partial charge in [0, 0.05) is 17.3 Å². The number of hydrogen-bond donors (Lipinski definition) is 1. The van der Waals surface area contributed by atoms with Gasteiger partial charge in [0.2, 0.25) is 5.66 Å². The lowest BCUT2D eigenvalue weighted by Crippen LogP contribution is -2.38. The van der Waals surface area contributed by atoms with E-state index in [1.54, 1.807) is 45.0 Å². The number of ether oxygens (including phenoxy) is 2. The number of pyridine rings is 1. The minimum absolute atomic E-state index is 0. The summed E-state index contributed by atoms with van der Waals surface area (Å²) in [6.45, 7) is 5.31. The maximum atomic E-state index is 15.0. The van der Waals surface area contributed by atoms with Crippen molar-refractivity contribution in [2.45, 2.75) is 38.6 Å². The van der Waals surface area contributed by atoms with Crippen LogP contribution < -0.4 is 10.6 Å². The lowest BCUT2D eigenvalue weighted by atomic mass is 10.0. The lowest BCUT2D eigenvalue weighted by Gasteiger charge is -2.16. The van der Waals surface area contributed by atoms with Gasteiger partial charge in [-0.1, -0.05) is 19.9 Å². The van der Waals surface area contributed by atoms with E-state index in [-0.39, 0.29) is 31.5 Å². The molecule has 1 saturated heterocycles. The molecule has 13 heteroatoms. The van der Waals surface area contributed by atoms with Gasteiger partial charge in [-0.2, -0.15) is 0 Å². The average Bonchev–Trinajstić information content (AvgIpc) is 3.43. The molecule has 1 aromatic heterocycles. The van der Waals surface area contributed by atoms with Crippen LogP contribution in [0.3, 0.4) is 0 Å². The molecule has 0 bridgehead atoms. The molecule has 1 amide bonds. The van der Waals surface area contributed by atoms with Crippen molar-refractivity contribution in [3.8, 4) is 11.1 Å². The summed E-state index contributed by atoms with van der Waals surface area (Å²) in [6.07, 6.45) is 0.181. The molecular formula is C22H25ClFN7O4. The van der Waals surface area contributed by atoms with Gasteiger partial charge in [-0.3, -0.25) is 14.7 Å². The molecule has 4 rings (SSSR count). The van der Waals surface area contributed by atoms with Crippen molar-refractivity contribution >= 4 is 30.2 Å². The van der Waals surface area contributed by atoms with Crippen molar-refractivity contribution in [2.75, 3.05) is 18.1 Å². The van der Waals surface area contributed by atoms with Crippen LogP contribution in [-0.4, -0.2) is 42.3 Å². The minimum atomic E-state index is -0.984. The van der Waals surface area contributed by atoms with Crippen molar-refractivity contribution in [2.24, 2.45) is 32.3 Å². The first-order chi connectivity index (χ1) is 16.2. The third-order valence-corrected chi connectivity index (χ3v) is 5.62. The summed E-state index contributed by atoms with van der Waals surface area (Å²) in [7, 11) is 0. The highest BCUT2D eigenvalue weighted by atomic mass is 35.5. The van der Waals surface area contributed by atoms with Gasteiger partial charge in [0.1, 0.15) is 18.5 Å². The number of amides is 1. The Labute approximate surface area is 207 Å². The quantitative estimate of drug-likeness (QED) is 0.559. The Kier molecular flexibility index (Phi) is 7.76. The van der Waals surface area contributed by atoms with Crippen LogP contribution in [0, 0.1) is 11.7 Å². The van der Waals surface area contributed by atoms with E-state index in [2.05, 4.69) is 25.7 Å². The SMILES string of the molecule is CC(C)[C@H](N)C(=O)OC[C@H]1CN(c2ccc(-c3ccc(C4(C)N=NN=N4)nc3)c(F)c2)C(=O)O1.Cl. The Morgan fingerprint density at radius 3 is 2.60 bits per heavy atom. The van der Waals surface area contributed by atoms with Gasteiger partial charge in [0.25, 0.3) is 0 Å². The van der Waals surface area contributed by atoms with E-state index in [1.165, 1.54) is 17.2 Å². The molecule has 1 fully saturated rings. The van der Waals surface area contributed by atoms with E-state index in [1.807, 2.05) is 0 Å². The van der Waals surface area contributed by atoms with Crippen LogP contribution >= 0.6 is 12.4 Å². The zero-order valence-electron chi connectivity index (χ0n) is 19.3. The van der Waals surface area contributed by atoms with E-state index in [9.17, 15) is 14.0 Å². The zero-order chi connectivity index (χ0) is 24.5. The molecule has 0 radical (unpaired) electrons. The van der Waals surface area contributed by atoms with Gasteiger partial charge in [-0.15, -0.1) is 22.6 Å². The standard InChI is InChI=1S/C22H24FN7O4.ClH/c1-12(2)19(24)20(31)33-11-15-10-30(21(32)34-15)14-5-6-16(17(23)8-14)13-4-7-18(25-9-13)22(3)26-28-29-27-22;/h4-9,12,15,19H,10-11,24H2,1-3H3;1H/t15-,19+;/m1./s1. The number of carbonyl (C=O) groups excluding carboxylic acids is 2. The molecule has 11 nitrogen and oxygen atoms in total. The summed E-state index contributed by atoms with van der Waals surface area (Å²) in [5.41, 5.74) is 6.47. The van der Waals surface area contributed by atoms with Crippen molar-refractivity contribution < 1.29 is 23.5 Å². The summed E-state index contributed by atoms with van der Waals surface area (Å²) in [4.78, 5) is 29.8. The highest BCUT2D eigenvalue weighted by Gasteiger charge is 2.34. The van der Waals surface area contributed by atoms with Crippen molar-refractivity contribution in [1.82, 2.24) is 4.98 Å². The van der Waals surface area contributed by atoms with Crippen LogP contribution in [0.25, 0.3) is 11.1 Å². The maximum Gasteiger partial charge on any atom is 0.414 e. The number of anilines is 1. The van der Waals surface area contributed by atoms with Crippen molar-refractivity contribution in [3.05, 3.63) is 48.0 Å². The molecule has 2 atom stereocenters. The number of hydrogen-bond acceptors (Lipinski definition) is 10. The Balaban J connectivity index is 0.00000342. The summed E-state index contributed by atoms with van der Waals surface area (Å²) in [5.74, 6) is -1.18. The van der Waals surface area contributed by atoms with Crippen LogP contribution in [0.4, 0.5) is 14.9 Å². The maximum absolute atomic E-state index is 15.0. The number of halogens is 2. The smallest absolute Gasteiger partial charge is 0.414 e. The third-order valence-electron chi connectivity index (χ3n) is 5.62. The minimum Gasteiger partial charge on any atom is -0.460 e. The highest BCUT2D eigenvalue weighted by molar-refractivity contribution is 5.90. The first-order valence-electron chi connectivity index (χ1n) is 10.7. The predicted molar refractivity (Wildman–Crippen MR) is 125 cm³/mol. The van der Waals surface area contributed by atoms with E-state index >= 15 is 0 Å². The first kappa shape index (κ1) is 26.1. The molecule has 186 valence electrons. The largest absolute Gasteiger partial charge is 0.460 e. The average molecular weight is 506 g/mol. The molecular weight excluding hydrogens is 481 g/mol. The number of aromatic nitrogens is 1. The van der Waals surface area contributed by atoms with Crippen LogP contribution in [0.1, 0.15) is 26.5 Å². The molecule has 0 saturated carbocycles. The number of rotatable bonds is 7. The fourth-order valence-electron chi connectivity index (χ4n) is 3.44. The number of benzene rings is 1. The number of nitrogens with zero attached hydrogens (tertiary/aromatic N) is 6. The summed E-state index contributed by atoms with van der Waals surface area (Å²) in [6, 6.07) is 7.03. The third kappa shape index (κ3) is 5.43. The van der Waals surface area contributed by atoms with Crippen molar-refractivity contribution in [3.63, 3.8) is 0 Å². The van der Waals surface area contributed by atoms with E-state index in [0.29, 0.717) is 22.5 Å². The monoisotopic (exact) mass is 505 g/mol. The first-order valence-corrected chi connectivity index (χ1v) is 10.7. The molecule has 1 aromatic carbocycles. The van der Waals surface area contributed by atoms with E-state index in [4.69, 9.17) is 15.2 Å². The second kappa shape index (κ2) is 10.4. The van der Waals surface area contributed by atoms with Gasteiger partial charge < -0.3 is 15.2 Å². The number of carbonyl (C=O) groups is 2. The predicted octanol–water partition coefficient (Wildman–Crippen LogP) is 4.17. The molecule has 0 unspecified atom stereocenters. The van der Waals surface area contributed by atoms with E-state index < -0.39 is 35.7 Å². The molecule has 2 N–H and O–H groups in total. The van der Waals surface area contributed by atoms with Gasteiger partial charge in [-0.05, 0) is 47.6 Å². The van der Waals surface area contributed by atoms with Gasteiger partial charge in [0.05, 0.1) is 17.9 Å². The summed E-state index contributed by atoms with van der Waals surface area (Å²) in [5, 5.41) is 14.9. The van der Waals surface area contributed by atoms with Crippen LogP contribution in [-0.2, 0) is 19.9 Å². The van der Waals surface area contributed by atoms with Crippen LogP contribution in [0.2, 0.25) is 0 Å². The lowest BCUT2D eigenvalue weighted by molar-refractivity contribution is -0.148. The number of cyclic esters (lactones) is 1. The molecule has 0 spiro atoms. The molecule has 35 heavy (non-hydrogen) atoms. The Hall–Kier alpha value is -3.51. The van der Waals surface area contributed by atoms with Crippen LogP contribution in [0.5, 0.6) is 0 Å². The Morgan fingerprint density at radius 2 is 2.00 bits per heavy atom. The highest BCUT2D eigenvalue weighted by Crippen LogP contribution is 2.33. The molecule has 2 aromatic rings. The molecule has 2 aliphatic heterocycles. The van der Waals surface area contributed by atoms with Gasteiger partial charge in [0.15, 0.2) is 6.10 Å². The Bertz CT molecular complexity index is 1150. The fourth-order valence-corrected chi connectivity index (χ4v) is 3.44. The second-order valence-electron chi connectivity index (χ2n) is 8.51. The normalized spacial score (nSPS) is 19.0. The second-order valence-corrected chi connectivity index (χ2v) is 8.51. The van der Waals surface area contributed by atoms with E-state index in [0.717, 1.165) is 0 Å². The van der Waals surface area contributed by atoms with Gasteiger partial charge in [-0.25, -0.2) is 9.18 Å². The fraction of sp³-hybridized carbons (Fsp3) is 0.409.